The SMILES string of the molecule is CC1(N)N=Cc2cc(-c3nc4c(c(N5CCOCC5)n3)CCN(Cc3ccccc3)C4)ccc2N1. The molecule has 180 valence electrons. The third kappa shape index (κ3) is 4.65. The van der Waals surface area contributed by atoms with Crippen LogP contribution in [0.2, 0.25) is 0 Å². The molecular weight excluding hydrogens is 438 g/mol. The van der Waals surface area contributed by atoms with Gasteiger partial charge in [-0.3, -0.25) is 15.6 Å². The first-order chi connectivity index (χ1) is 17.0. The molecule has 1 aromatic heterocycles. The predicted octanol–water partition coefficient (Wildman–Crippen LogP) is 3.02. The molecule has 0 aliphatic carbocycles. The number of nitrogens with zero attached hydrogens (tertiary/aromatic N) is 5. The molecule has 3 aromatic rings. The Morgan fingerprint density at radius 2 is 1.89 bits per heavy atom. The second kappa shape index (κ2) is 9.03. The van der Waals surface area contributed by atoms with Gasteiger partial charge in [-0.1, -0.05) is 30.3 Å². The molecule has 4 heterocycles. The molecule has 2 aromatic carbocycles. The Morgan fingerprint density at radius 3 is 2.71 bits per heavy atom. The lowest BCUT2D eigenvalue weighted by molar-refractivity contribution is 0.122. The van der Waals surface area contributed by atoms with E-state index in [1.165, 1.54) is 11.1 Å². The van der Waals surface area contributed by atoms with Crippen LogP contribution in [0.1, 0.15) is 29.3 Å². The lowest BCUT2D eigenvalue weighted by Gasteiger charge is -2.34. The fourth-order valence-electron chi connectivity index (χ4n) is 5.04. The number of nitrogens with one attached hydrogen (secondary N) is 1. The zero-order chi connectivity index (χ0) is 23.8. The van der Waals surface area contributed by atoms with E-state index in [-0.39, 0.29) is 0 Å². The summed E-state index contributed by atoms with van der Waals surface area (Å²) in [4.78, 5) is 19.5. The van der Waals surface area contributed by atoms with E-state index in [4.69, 9.17) is 20.4 Å². The van der Waals surface area contributed by atoms with Crippen molar-refractivity contribution in [2.24, 2.45) is 10.7 Å². The van der Waals surface area contributed by atoms with Gasteiger partial charge in [0.05, 0.1) is 18.9 Å². The summed E-state index contributed by atoms with van der Waals surface area (Å²) in [6, 6.07) is 16.9. The number of aromatic nitrogens is 2. The summed E-state index contributed by atoms with van der Waals surface area (Å²) in [5.41, 5.74) is 12.8. The molecule has 8 nitrogen and oxygen atoms in total. The number of aliphatic imine (C=N–C) groups is 1. The van der Waals surface area contributed by atoms with Gasteiger partial charge in [0.1, 0.15) is 5.82 Å². The highest BCUT2D eigenvalue weighted by Gasteiger charge is 2.27. The molecule has 0 saturated carbocycles. The first-order valence-corrected chi connectivity index (χ1v) is 12.3. The molecule has 6 rings (SSSR count). The van der Waals surface area contributed by atoms with Gasteiger partial charge in [-0.25, -0.2) is 9.97 Å². The summed E-state index contributed by atoms with van der Waals surface area (Å²) in [6.07, 6.45) is 2.78. The number of ether oxygens (including phenoxy) is 1. The maximum atomic E-state index is 6.13. The molecule has 3 N–H and O–H groups in total. The van der Waals surface area contributed by atoms with E-state index < -0.39 is 5.79 Å². The van der Waals surface area contributed by atoms with E-state index in [1.807, 2.05) is 19.2 Å². The van der Waals surface area contributed by atoms with Crippen LogP contribution in [0.3, 0.4) is 0 Å². The quantitative estimate of drug-likeness (QED) is 0.607. The summed E-state index contributed by atoms with van der Waals surface area (Å²) >= 11 is 0. The largest absolute Gasteiger partial charge is 0.378 e. The smallest absolute Gasteiger partial charge is 0.179 e. The minimum atomic E-state index is -0.789. The number of nitrogens with two attached hydrogens (primary N) is 1. The Kier molecular flexibility index (Phi) is 5.72. The first kappa shape index (κ1) is 22.2. The maximum absolute atomic E-state index is 6.13. The van der Waals surface area contributed by atoms with Crippen LogP contribution in [0.15, 0.2) is 53.5 Å². The number of morpholine rings is 1. The van der Waals surface area contributed by atoms with Gasteiger partial charge >= 0.3 is 0 Å². The lowest BCUT2D eigenvalue weighted by Crippen LogP contribution is -2.44. The van der Waals surface area contributed by atoms with Crippen molar-refractivity contribution in [2.75, 3.05) is 43.1 Å². The Bertz CT molecular complexity index is 1250. The third-order valence-electron chi connectivity index (χ3n) is 6.85. The van der Waals surface area contributed by atoms with Crippen LogP contribution in [0.4, 0.5) is 11.5 Å². The van der Waals surface area contributed by atoms with Crippen molar-refractivity contribution in [1.82, 2.24) is 14.9 Å². The number of hydrogen-bond donors (Lipinski definition) is 2. The van der Waals surface area contributed by atoms with Gasteiger partial charge in [-0.05, 0) is 37.1 Å². The summed E-state index contributed by atoms with van der Waals surface area (Å²) in [5, 5.41) is 3.27. The summed E-state index contributed by atoms with van der Waals surface area (Å²) < 4.78 is 5.62. The molecule has 0 radical (unpaired) electrons. The molecule has 1 saturated heterocycles. The van der Waals surface area contributed by atoms with Crippen LogP contribution >= 0.6 is 0 Å². The van der Waals surface area contributed by atoms with Crippen molar-refractivity contribution >= 4 is 17.7 Å². The summed E-state index contributed by atoms with van der Waals surface area (Å²) in [7, 11) is 0. The Labute approximate surface area is 205 Å². The van der Waals surface area contributed by atoms with Gasteiger partial charge in [0.2, 0.25) is 0 Å². The fraction of sp³-hybridized carbons (Fsp3) is 0.370. The van der Waals surface area contributed by atoms with Gasteiger partial charge in [0, 0.05) is 61.3 Å². The Balaban J connectivity index is 1.36. The molecular formula is C27H31N7O. The van der Waals surface area contributed by atoms with Crippen LogP contribution in [0.5, 0.6) is 0 Å². The Morgan fingerprint density at radius 1 is 1.06 bits per heavy atom. The fourth-order valence-corrected chi connectivity index (χ4v) is 5.04. The van der Waals surface area contributed by atoms with Gasteiger partial charge in [0.15, 0.2) is 11.6 Å². The van der Waals surface area contributed by atoms with E-state index in [9.17, 15) is 0 Å². The van der Waals surface area contributed by atoms with Crippen LogP contribution in [-0.2, 0) is 24.2 Å². The monoisotopic (exact) mass is 469 g/mol. The van der Waals surface area contributed by atoms with Crippen molar-refractivity contribution in [3.05, 3.63) is 70.9 Å². The Hall–Kier alpha value is -3.33. The minimum absolute atomic E-state index is 0.729. The number of hydrogen-bond acceptors (Lipinski definition) is 8. The van der Waals surface area contributed by atoms with E-state index in [0.29, 0.717) is 0 Å². The molecule has 8 heteroatoms. The number of fused-ring (bicyclic) bond motifs is 2. The van der Waals surface area contributed by atoms with Crippen molar-refractivity contribution in [3.8, 4) is 11.4 Å². The maximum Gasteiger partial charge on any atom is 0.179 e. The van der Waals surface area contributed by atoms with E-state index in [2.05, 4.69) is 62.6 Å². The van der Waals surface area contributed by atoms with Crippen LogP contribution < -0.4 is 16.0 Å². The number of rotatable bonds is 4. The highest BCUT2D eigenvalue weighted by Crippen LogP contribution is 2.32. The highest BCUT2D eigenvalue weighted by molar-refractivity contribution is 5.92. The van der Waals surface area contributed by atoms with E-state index in [1.54, 1.807) is 0 Å². The van der Waals surface area contributed by atoms with Crippen LogP contribution in [0.25, 0.3) is 11.4 Å². The molecule has 35 heavy (non-hydrogen) atoms. The zero-order valence-corrected chi connectivity index (χ0v) is 20.1. The van der Waals surface area contributed by atoms with E-state index >= 15 is 0 Å². The summed E-state index contributed by atoms with van der Waals surface area (Å²) in [6.45, 7) is 7.75. The summed E-state index contributed by atoms with van der Waals surface area (Å²) in [5.74, 6) is 1.03. The molecule has 0 bridgehead atoms. The average molecular weight is 470 g/mol. The van der Waals surface area contributed by atoms with Gasteiger partial charge in [-0.2, -0.15) is 0 Å². The number of anilines is 2. The highest BCUT2D eigenvalue weighted by atomic mass is 16.5. The molecule has 1 fully saturated rings. The molecule has 1 atom stereocenters. The number of benzene rings is 2. The lowest BCUT2D eigenvalue weighted by atomic mass is 10.0. The van der Waals surface area contributed by atoms with E-state index in [0.717, 1.165) is 86.5 Å². The molecule has 3 aliphatic rings. The van der Waals surface area contributed by atoms with Crippen LogP contribution in [0, 0.1) is 0 Å². The van der Waals surface area contributed by atoms with Crippen molar-refractivity contribution in [2.45, 2.75) is 32.2 Å². The molecule has 3 aliphatic heterocycles. The topological polar surface area (TPSA) is 91.9 Å². The predicted molar refractivity (Wildman–Crippen MR) is 139 cm³/mol. The normalized spacial score (nSPS) is 21.8. The standard InChI is InChI=1S/C27H31N7O/c1-27(28)29-16-21-15-20(7-8-23(21)32-27)25-30-24-18-33(17-19-5-3-2-4-6-19)10-9-22(24)26(31-25)34-11-13-35-14-12-34/h2-8,15-16,32H,9-14,17-18,28H2,1H3. The van der Waals surface area contributed by atoms with Crippen molar-refractivity contribution in [1.29, 1.82) is 0 Å². The van der Waals surface area contributed by atoms with Crippen LogP contribution in [-0.4, -0.2) is 59.7 Å². The van der Waals surface area contributed by atoms with Gasteiger partial charge < -0.3 is 15.0 Å². The molecule has 0 spiro atoms. The first-order valence-electron chi connectivity index (χ1n) is 12.3. The zero-order valence-electron chi connectivity index (χ0n) is 20.1. The second-order valence-corrected chi connectivity index (χ2v) is 9.67. The molecule has 1 unspecified atom stereocenters. The third-order valence-corrected chi connectivity index (χ3v) is 6.85. The molecule has 0 amide bonds. The second-order valence-electron chi connectivity index (χ2n) is 9.67. The van der Waals surface area contributed by atoms with Gasteiger partial charge in [0.25, 0.3) is 0 Å². The average Bonchev–Trinajstić information content (AvgIpc) is 2.88. The minimum Gasteiger partial charge on any atom is -0.378 e. The van der Waals surface area contributed by atoms with Crippen molar-refractivity contribution < 1.29 is 4.74 Å². The van der Waals surface area contributed by atoms with Crippen molar-refractivity contribution in [3.63, 3.8) is 0 Å². The van der Waals surface area contributed by atoms with Gasteiger partial charge in [-0.15, -0.1) is 0 Å².